The van der Waals surface area contributed by atoms with Crippen LogP contribution in [0.1, 0.15) is 10.4 Å². The van der Waals surface area contributed by atoms with Crippen LogP contribution in [0.2, 0.25) is 0 Å². The number of carbonyl (C=O) groups is 2. The number of carbonyl (C=O) groups excluding carboxylic acids is 2. The van der Waals surface area contributed by atoms with Crippen LogP contribution in [0, 0.1) is 0 Å². The van der Waals surface area contributed by atoms with E-state index in [2.05, 4.69) is 30.5 Å². The largest absolute Gasteiger partial charge is 0.378 e. The van der Waals surface area contributed by atoms with Gasteiger partial charge in [0.15, 0.2) is 5.65 Å². The summed E-state index contributed by atoms with van der Waals surface area (Å²) in [6.07, 6.45) is 5.05. The van der Waals surface area contributed by atoms with E-state index in [4.69, 9.17) is 10.5 Å². The van der Waals surface area contributed by atoms with Crippen LogP contribution >= 0.6 is 0 Å². The highest BCUT2D eigenvalue weighted by Crippen LogP contribution is 2.32. The molecule has 36 heavy (non-hydrogen) atoms. The fourth-order valence-electron chi connectivity index (χ4n) is 4.40. The second-order valence-corrected chi connectivity index (χ2v) is 8.50. The average molecular weight is 483 g/mol. The number of pyridine rings is 2. The maximum atomic E-state index is 12.6. The number of amides is 3. The number of hydrogen-bond donors (Lipinski definition) is 4. The topological polar surface area (TPSA) is 155 Å². The molecule has 0 aliphatic carbocycles. The number of nitrogens with one attached hydrogen (secondary N) is 3. The standard InChI is InChI=1S/C25H22N8O3/c26-23(34)17-2-1-3-20-18(17)10-21(30-20)22-19-9-15(12-28-24(19)32-31-22)14-8-16(13-27-11-14)29-25(35)33-4-6-36-7-5-33/h1-3,8-13,30H,4-7H2,(H2,26,34)(H,29,35)(H,28,31,32). The van der Waals surface area contributed by atoms with E-state index in [0.717, 1.165) is 33.1 Å². The van der Waals surface area contributed by atoms with Crippen molar-refractivity contribution in [2.45, 2.75) is 0 Å². The zero-order valence-electron chi connectivity index (χ0n) is 19.1. The van der Waals surface area contributed by atoms with Crippen LogP contribution in [0.15, 0.2) is 55.0 Å². The predicted molar refractivity (Wildman–Crippen MR) is 134 cm³/mol. The molecule has 5 N–H and O–H groups in total. The molecule has 5 aromatic rings. The SMILES string of the molecule is NC(=O)c1cccc2[nH]c(-c3n[nH]c4ncc(-c5cncc(NC(=O)N6CCOCC6)c5)cc34)cc12. The van der Waals surface area contributed by atoms with E-state index in [0.29, 0.717) is 48.9 Å². The number of nitrogens with zero attached hydrogens (tertiary/aromatic N) is 4. The van der Waals surface area contributed by atoms with Gasteiger partial charge in [0.2, 0.25) is 5.91 Å². The number of hydrogen-bond acceptors (Lipinski definition) is 6. The van der Waals surface area contributed by atoms with Crippen molar-refractivity contribution in [3.05, 3.63) is 60.6 Å². The Hall–Kier alpha value is -4.77. The Morgan fingerprint density at radius 1 is 1.03 bits per heavy atom. The molecule has 0 spiro atoms. The van der Waals surface area contributed by atoms with Crippen molar-refractivity contribution in [3.8, 4) is 22.5 Å². The van der Waals surface area contributed by atoms with Crippen LogP contribution in [0.25, 0.3) is 44.5 Å². The van der Waals surface area contributed by atoms with Crippen molar-refractivity contribution >= 4 is 39.6 Å². The lowest BCUT2D eigenvalue weighted by atomic mass is 10.1. The highest BCUT2D eigenvalue weighted by molar-refractivity contribution is 6.07. The molecule has 1 saturated heterocycles. The van der Waals surface area contributed by atoms with E-state index < -0.39 is 5.91 Å². The molecule has 11 heteroatoms. The Kier molecular flexibility index (Phi) is 5.30. The number of urea groups is 1. The number of rotatable bonds is 4. The minimum Gasteiger partial charge on any atom is -0.378 e. The van der Waals surface area contributed by atoms with Crippen LogP contribution < -0.4 is 11.1 Å². The van der Waals surface area contributed by atoms with E-state index >= 15 is 0 Å². The molecule has 0 bridgehead atoms. The number of morpholine rings is 1. The van der Waals surface area contributed by atoms with Gasteiger partial charge in [-0.25, -0.2) is 9.78 Å². The van der Waals surface area contributed by atoms with Gasteiger partial charge in [0.25, 0.3) is 0 Å². The Morgan fingerprint density at radius 2 is 1.86 bits per heavy atom. The maximum Gasteiger partial charge on any atom is 0.322 e. The summed E-state index contributed by atoms with van der Waals surface area (Å²) < 4.78 is 5.31. The number of nitrogens with two attached hydrogens (primary N) is 1. The molecule has 1 fully saturated rings. The summed E-state index contributed by atoms with van der Waals surface area (Å²) in [6.45, 7) is 2.17. The first-order valence-corrected chi connectivity index (χ1v) is 11.4. The van der Waals surface area contributed by atoms with Gasteiger partial charge in [-0.3, -0.25) is 14.9 Å². The van der Waals surface area contributed by atoms with Gasteiger partial charge in [-0.15, -0.1) is 0 Å². The molecule has 1 aromatic carbocycles. The lowest BCUT2D eigenvalue weighted by molar-refractivity contribution is 0.0564. The van der Waals surface area contributed by atoms with Crippen LogP contribution in [-0.4, -0.2) is 68.3 Å². The molecule has 180 valence electrons. The molecule has 1 aliphatic rings. The minimum absolute atomic E-state index is 0.183. The molecule has 0 unspecified atom stereocenters. The highest BCUT2D eigenvalue weighted by atomic mass is 16.5. The van der Waals surface area contributed by atoms with Gasteiger partial charge < -0.3 is 25.7 Å². The summed E-state index contributed by atoms with van der Waals surface area (Å²) in [6, 6.07) is 10.9. The van der Waals surface area contributed by atoms with E-state index in [-0.39, 0.29) is 6.03 Å². The van der Waals surface area contributed by atoms with Gasteiger partial charge in [0, 0.05) is 58.5 Å². The maximum absolute atomic E-state index is 12.6. The number of ether oxygens (including phenoxy) is 1. The van der Waals surface area contributed by atoms with Gasteiger partial charge >= 0.3 is 6.03 Å². The van der Waals surface area contributed by atoms with Crippen LogP contribution in [0.4, 0.5) is 10.5 Å². The first-order chi connectivity index (χ1) is 17.6. The van der Waals surface area contributed by atoms with Crippen LogP contribution in [0.5, 0.6) is 0 Å². The molecule has 0 saturated carbocycles. The van der Waals surface area contributed by atoms with E-state index in [1.54, 1.807) is 35.6 Å². The second-order valence-electron chi connectivity index (χ2n) is 8.50. The van der Waals surface area contributed by atoms with E-state index in [9.17, 15) is 9.59 Å². The molecule has 6 rings (SSSR count). The van der Waals surface area contributed by atoms with Gasteiger partial charge in [-0.2, -0.15) is 5.10 Å². The zero-order chi connectivity index (χ0) is 24.6. The Balaban J connectivity index is 1.34. The summed E-state index contributed by atoms with van der Waals surface area (Å²) in [5.74, 6) is -0.491. The highest BCUT2D eigenvalue weighted by Gasteiger charge is 2.18. The first kappa shape index (κ1) is 21.7. The minimum atomic E-state index is -0.491. The lowest BCUT2D eigenvalue weighted by Gasteiger charge is -2.26. The van der Waals surface area contributed by atoms with Gasteiger partial charge in [0.05, 0.1) is 30.8 Å². The Labute approximate surface area is 204 Å². The van der Waals surface area contributed by atoms with Crippen molar-refractivity contribution in [1.82, 2.24) is 30.0 Å². The zero-order valence-corrected chi connectivity index (χ0v) is 19.1. The third-order valence-corrected chi connectivity index (χ3v) is 6.22. The number of fused-ring (bicyclic) bond motifs is 2. The smallest absolute Gasteiger partial charge is 0.322 e. The predicted octanol–water partition coefficient (Wildman–Crippen LogP) is 3.13. The number of aromatic nitrogens is 5. The molecule has 5 heterocycles. The monoisotopic (exact) mass is 482 g/mol. The lowest BCUT2D eigenvalue weighted by Crippen LogP contribution is -2.43. The molecular weight excluding hydrogens is 460 g/mol. The normalized spacial score (nSPS) is 13.8. The van der Waals surface area contributed by atoms with Crippen LogP contribution in [-0.2, 0) is 4.74 Å². The molecule has 3 amide bonds. The van der Waals surface area contributed by atoms with Gasteiger partial charge in [0.1, 0.15) is 5.69 Å². The third-order valence-electron chi connectivity index (χ3n) is 6.22. The van der Waals surface area contributed by atoms with Crippen molar-refractivity contribution < 1.29 is 14.3 Å². The van der Waals surface area contributed by atoms with E-state index in [1.165, 1.54) is 0 Å². The molecule has 0 atom stereocenters. The number of aromatic amines is 2. The summed E-state index contributed by atoms with van der Waals surface area (Å²) in [5, 5.41) is 11.8. The van der Waals surface area contributed by atoms with Crippen molar-refractivity contribution in [1.29, 1.82) is 0 Å². The van der Waals surface area contributed by atoms with Crippen molar-refractivity contribution in [2.75, 3.05) is 31.6 Å². The fourth-order valence-corrected chi connectivity index (χ4v) is 4.40. The summed E-state index contributed by atoms with van der Waals surface area (Å²) in [5.41, 5.74) is 11.0. The molecule has 4 aromatic heterocycles. The summed E-state index contributed by atoms with van der Waals surface area (Å²) in [4.78, 5) is 38.3. The Bertz CT molecular complexity index is 1620. The number of anilines is 1. The number of H-pyrrole nitrogens is 2. The summed E-state index contributed by atoms with van der Waals surface area (Å²) >= 11 is 0. The molecule has 11 nitrogen and oxygen atoms in total. The molecule has 1 aliphatic heterocycles. The number of primary amides is 1. The quantitative estimate of drug-likeness (QED) is 0.308. The molecular formula is C25H22N8O3. The second kappa shape index (κ2) is 8.78. The average Bonchev–Trinajstić information content (AvgIpc) is 3.52. The number of benzene rings is 1. The summed E-state index contributed by atoms with van der Waals surface area (Å²) in [7, 11) is 0. The first-order valence-electron chi connectivity index (χ1n) is 11.4. The Morgan fingerprint density at radius 3 is 2.69 bits per heavy atom. The van der Waals surface area contributed by atoms with E-state index in [1.807, 2.05) is 24.3 Å². The van der Waals surface area contributed by atoms with Gasteiger partial charge in [-0.05, 0) is 30.3 Å². The fraction of sp³-hybridized carbons (Fsp3) is 0.160. The van der Waals surface area contributed by atoms with Crippen molar-refractivity contribution in [2.24, 2.45) is 5.73 Å². The third kappa shape index (κ3) is 3.91. The molecule has 0 radical (unpaired) electrons. The van der Waals surface area contributed by atoms with Gasteiger partial charge in [-0.1, -0.05) is 6.07 Å². The van der Waals surface area contributed by atoms with Crippen molar-refractivity contribution in [3.63, 3.8) is 0 Å². The van der Waals surface area contributed by atoms with Crippen LogP contribution in [0.3, 0.4) is 0 Å².